The Morgan fingerprint density at radius 1 is 1.33 bits per heavy atom. The first-order valence-corrected chi connectivity index (χ1v) is 8.33. The lowest BCUT2D eigenvalue weighted by Gasteiger charge is -2.22. The molecule has 1 aromatic carbocycles. The highest BCUT2D eigenvalue weighted by molar-refractivity contribution is 5.90. The number of carbonyl (C=O) groups is 1. The van der Waals surface area contributed by atoms with Gasteiger partial charge in [-0.05, 0) is 31.5 Å². The molecule has 2 aromatic rings. The molecule has 2 rings (SSSR count). The molecule has 2 amide bonds. The molecule has 6 heteroatoms. The van der Waals surface area contributed by atoms with Crippen LogP contribution >= 0.6 is 0 Å². The number of hydrogen-bond acceptors (Lipinski definition) is 4. The second kappa shape index (κ2) is 9.08. The second-order valence-corrected chi connectivity index (χ2v) is 5.72. The standard InChI is InChI=1S/C18H25N3O3/c1-3-4-5-9-21(10-11-22)18(23)20-16-8-6-7-15(12-16)17-19-14(2)13-24-17/h6-8,12-13,22H,3-5,9-11H2,1-2H3,(H,20,23). The Labute approximate surface area is 142 Å². The fourth-order valence-corrected chi connectivity index (χ4v) is 2.41. The van der Waals surface area contributed by atoms with Gasteiger partial charge in [-0.2, -0.15) is 0 Å². The third-order valence-corrected chi connectivity index (χ3v) is 3.67. The van der Waals surface area contributed by atoms with Crippen molar-refractivity contribution < 1.29 is 14.3 Å². The zero-order chi connectivity index (χ0) is 17.4. The number of aliphatic hydroxyl groups excluding tert-OH is 1. The molecular weight excluding hydrogens is 306 g/mol. The predicted octanol–water partition coefficient (Wildman–Crippen LogP) is 3.67. The van der Waals surface area contributed by atoms with E-state index in [0.717, 1.165) is 30.5 Å². The summed E-state index contributed by atoms with van der Waals surface area (Å²) in [5.41, 5.74) is 2.29. The SMILES string of the molecule is CCCCCN(CCO)C(=O)Nc1cccc(-c2nc(C)co2)c1. The van der Waals surface area contributed by atoms with Crippen LogP contribution in [-0.4, -0.2) is 40.7 Å². The van der Waals surface area contributed by atoms with E-state index in [-0.39, 0.29) is 12.6 Å². The third-order valence-electron chi connectivity index (χ3n) is 3.67. The van der Waals surface area contributed by atoms with Gasteiger partial charge in [0.25, 0.3) is 0 Å². The maximum Gasteiger partial charge on any atom is 0.321 e. The van der Waals surface area contributed by atoms with Crippen molar-refractivity contribution in [1.29, 1.82) is 0 Å². The molecule has 0 fully saturated rings. The number of benzene rings is 1. The Kier molecular flexibility index (Phi) is 6.81. The van der Waals surface area contributed by atoms with Crippen molar-refractivity contribution in [2.24, 2.45) is 0 Å². The van der Waals surface area contributed by atoms with Gasteiger partial charge in [-0.25, -0.2) is 9.78 Å². The highest BCUT2D eigenvalue weighted by Gasteiger charge is 2.13. The minimum atomic E-state index is -0.208. The molecule has 0 unspecified atom stereocenters. The number of unbranched alkanes of at least 4 members (excludes halogenated alkanes) is 2. The first-order valence-electron chi connectivity index (χ1n) is 8.33. The lowest BCUT2D eigenvalue weighted by molar-refractivity contribution is 0.187. The molecule has 1 aromatic heterocycles. The van der Waals surface area contributed by atoms with Crippen LogP contribution in [0.3, 0.4) is 0 Å². The molecule has 0 atom stereocenters. The Hall–Kier alpha value is -2.34. The number of rotatable bonds is 8. The van der Waals surface area contributed by atoms with E-state index in [0.29, 0.717) is 24.7 Å². The van der Waals surface area contributed by atoms with E-state index in [1.807, 2.05) is 31.2 Å². The number of carbonyl (C=O) groups excluding carboxylic acids is 1. The number of amides is 2. The molecule has 24 heavy (non-hydrogen) atoms. The summed E-state index contributed by atoms with van der Waals surface area (Å²) in [5, 5.41) is 12.0. The summed E-state index contributed by atoms with van der Waals surface area (Å²) in [5.74, 6) is 0.527. The summed E-state index contributed by atoms with van der Waals surface area (Å²) in [7, 11) is 0. The van der Waals surface area contributed by atoms with Gasteiger partial charge in [0.05, 0.1) is 12.3 Å². The van der Waals surface area contributed by atoms with E-state index < -0.39 is 0 Å². The minimum Gasteiger partial charge on any atom is -0.444 e. The fraction of sp³-hybridized carbons (Fsp3) is 0.444. The second-order valence-electron chi connectivity index (χ2n) is 5.72. The van der Waals surface area contributed by atoms with E-state index in [9.17, 15) is 4.79 Å². The van der Waals surface area contributed by atoms with Crippen molar-refractivity contribution >= 4 is 11.7 Å². The molecule has 0 aliphatic carbocycles. The lowest BCUT2D eigenvalue weighted by Crippen LogP contribution is -2.37. The fourth-order valence-electron chi connectivity index (χ4n) is 2.41. The zero-order valence-electron chi connectivity index (χ0n) is 14.3. The van der Waals surface area contributed by atoms with Crippen molar-refractivity contribution in [1.82, 2.24) is 9.88 Å². The van der Waals surface area contributed by atoms with Gasteiger partial charge in [0.2, 0.25) is 5.89 Å². The molecule has 6 nitrogen and oxygen atoms in total. The van der Waals surface area contributed by atoms with Crippen LogP contribution in [0.1, 0.15) is 31.9 Å². The molecule has 0 saturated carbocycles. The smallest absolute Gasteiger partial charge is 0.321 e. The largest absolute Gasteiger partial charge is 0.444 e. The van der Waals surface area contributed by atoms with Crippen LogP contribution in [0.15, 0.2) is 34.9 Å². The van der Waals surface area contributed by atoms with Crippen molar-refractivity contribution in [2.75, 3.05) is 25.0 Å². The predicted molar refractivity (Wildman–Crippen MR) is 93.9 cm³/mol. The number of urea groups is 1. The summed E-state index contributed by atoms with van der Waals surface area (Å²) < 4.78 is 5.39. The lowest BCUT2D eigenvalue weighted by atomic mass is 10.2. The molecule has 2 N–H and O–H groups in total. The summed E-state index contributed by atoms with van der Waals surface area (Å²) in [6.07, 6.45) is 4.68. The summed E-state index contributed by atoms with van der Waals surface area (Å²) in [4.78, 5) is 18.3. The quantitative estimate of drug-likeness (QED) is 0.724. The van der Waals surface area contributed by atoms with E-state index in [1.165, 1.54) is 0 Å². The number of nitrogens with one attached hydrogen (secondary N) is 1. The van der Waals surface area contributed by atoms with Gasteiger partial charge in [0.1, 0.15) is 6.26 Å². The van der Waals surface area contributed by atoms with Crippen LogP contribution in [0.4, 0.5) is 10.5 Å². The van der Waals surface area contributed by atoms with Crippen molar-refractivity contribution in [3.05, 3.63) is 36.2 Å². The highest BCUT2D eigenvalue weighted by atomic mass is 16.3. The molecular formula is C18H25N3O3. The van der Waals surface area contributed by atoms with Crippen molar-refractivity contribution in [3.63, 3.8) is 0 Å². The highest BCUT2D eigenvalue weighted by Crippen LogP contribution is 2.22. The van der Waals surface area contributed by atoms with Crippen LogP contribution in [0, 0.1) is 6.92 Å². The maximum atomic E-state index is 12.4. The van der Waals surface area contributed by atoms with E-state index >= 15 is 0 Å². The van der Waals surface area contributed by atoms with Gasteiger partial charge in [-0.1, -0.05) is 25.8 Å². The topological polar surface area (TPSA) is 78.6 Å². The Morgan fingerprint density at radius 3 is 2.83 bits per heavy atom. The number of aromatic nitrogens is 1. The number of anilines is 1. The van der Waals surface area contributed by atoms with E-state index in [2.05, 4.69) is 17.2 Å². The van der Waals surface area contributed by atoms with Gasteiger partial charge in [-0.3, -0.25) is 0 Å². The van der Waals surface area contributed by atoms with Crippen molar-refractivity contribution in [2.45, 2.75) is 33.1 Å². The monoisotopic (exact) mass is 331 g/mol. The Bertz CT molecular complexity index is 654. The average Bonchev–Trinajstić information content (AvgIpc) is 3.01. The van der Waals surface area contributed by atoms with Gasteiger partial charge in [-0.15, -0.1) is 0 Å². The summed E-state index contributed by atoms with van der Waals surface area (Å²) >= 11 is 0. The molecule has 0 aliphatic rings. The molecule has 1 heterocycles. The molecule has 0 radical (unpaired) electrons. The number of oxazole rings is 1. The van der Waals surface area contributed by atoms with E-state index in [1.54, 1.807) is 11.2 Å². The summed E-state index contributed by atoms with van der Waals surface area (Å²) in [6.45, 7) is 4.90. The molecule has 0 saturated heterocycles. The van der Waals surface area contributed by atoms with Crippen LogP contribution in [0.2, 0.25) is 0 Å². The van der Waals surface area contributed by atoms with Crippen molar-refractivity contribution in [3.8, 4) is 11.5 Å². The zero-order valence-corrected chi connectivity index (χ0v) is 14.3. The summed E-state index contributed by atoms with van der Waals surface area (Å²) in [6, 6.07) is 7.17. The molecule has 0 bridgehead atoms. The first kappa shape index (κ1) is 18.0. The average molecular weight is 331 g/mol. The Balaban J connectivity index is 2.04. The Morgan fingerprint density at radius 2 is 2.17 bits per heavy atom. The van der Waals surface area contributed by atoms with Gasteiger partial charge in [0.15, 0.2) is 0 Å². The van der Waals surface area contributed by atoms with Gasteiger partial charge < -0.3 is 19.7 Å². The van der Waals surface area contributed by atoms with Crippen LogP contribution in [0.5, 0.6) is 0 Å². The number of aryl methyl sites for hydroxylation is 1. The number of hydrogen-bond donors (Lipinski definition) is 2. The number of aliphatic hydroxyl groups is 1. The van der Waals surface area contributed by atoms with E-state index in [4.69, 9.17) is 9.52 Å². The molecule has 130 valence electrons. The maximum absolute atomic E-state index is 12.4. The normalized spacial score (nSPS) is 10.6. The third kappa shape index (κ3) is 5.09. The van der Waals surface area contributed by atoms with Crippen LogP contribution < -0.4 is 5.32 Å². The van der Waals surface area contributed by atoms with Crippen LogP contribution in [-0.2, 0) is 0 Å². The first-order chi connectivity index (χ1) is 11.6. The molecule has 0 aliphatic heterocycles. The van der Waals surface area contributed by atoms with Gasteiger partial charge in [0, 0.05) is 24.3 Å². The van der Waals surface area contributed by atoms with Crippen LogP contribution in [0.25, 0.3) is 11.5 Å². The molecule has 0 spiro atoms. The number of nitrogens with zero attached hydrogens (tertiary/aromatic N) is 2. The minimum absolute atomic E-state index is 0.0465. The van der Waals surface area contributed by atoms with Gasteiger partial charge >= 0.3 is 6.03 Å².